The molecule has 162 valence electrons. The van der Waals surface area contributed by atoms with Gasteiger partial charge in [-0.05, 0) is 6.42 Å². The first kappa shape index (κ1) is 26.4. The number of carbonyl (C=O) groups excluding carboxylic acids is 1. The van der Waals surface area contributed by atoms with Crippen molar-refractivity contribution in [2.24, 2.45) is 5.90 Å². The fourth-order valence-electron chi connectivity index (χ4n) is 3.76. The molecule has 0 rings (SSSR count). The molecule has 3 heteroatoms. The maximum Gasteiger partial charge on any atom is 0.324 e. The van der Waals surface area contributed by atoms with Gasteiger partial charge >= 0.3 is 5.97 Å². The molecular formula is C24H49NO2. The van der Waals surface area contributed by atoms with Gasteiger partial charge in [-0.3, -0.25) is 4.79 Å². The van der Waals surface area contributed by atoms with E-state index < -0.39 is 0 Å². The smallest absolute Gasteiger partial charge is 0.324 e. The molecule has 0 unspecified atom stereocenters. The van der Waals surface area contributed by atoms with Crippen molar-refractivity contribution in [3.63, 3.8) is 0 Å². The third kappa shape index (κ3) is 23.4. The molecule has 0 aliphatic heterocycles. The average Bonchev–Trinajstić information content (AvgIpc) is 2.68. The lowest BCUT2D eigenvalue weighted by atomic mass is 10.0. The van der Waals surface area contributed by atoms with Gasteiger partial charge in [0.2, 0.25) is 0 Å². The summed E-state index contributed by atoms with van der Waals surface area (Å²) >= 11 is 0. The van der Waals surface area contributed by atoms with Crippen LogP contribution in [0.4, 0.5) is 0 Å². The van der Waals surface area contributed by atoms with Crippen molar-refractivity contribution < 1.29 is 9.63 Å². The van der Waals surface area contributed by atoms with Crippen LogP contribution < -0.4 is 5.90 Å². The molecule has 3 nitrogen and oxygen atoms in total. The molecule has 0 fully saturated rings. The highest BCUT2D eigenvalue weighted by molar-refractivity contribution is 5.68. The predicted molar refractivity (Wildman–Crippen MR) is 118 cm³/mol. The van der Waals surface area contributed by atoms with Gasteiger partial charge in [-0.15, -0.1) is 0 Å². The molecule has 0 aromatic rings. The molecule has 0 aromatic carbocycles. The summed E-state index contributed by atoms with van der Waals surface area (Å²) in [5.74, 6) is 4.53. The van der Waals surface area contributed by atoms with E-state index in [1.165, 1.54) is 122 Å². The van der Waals surface area contributed by atoms with Crippen LogP contribution in [0.2, 0.25) is 0 Å². The fourth-order valence-corrected chi connectivity index (χ4v) is 3.76. The Labute approximate surface area is 170 Å². The van der Waals surface area contributed by atoms with E-state index in [9.17, 15) is 4.79 Å². The largest absolute Gasteiger partial charge is 0.373 e. The fraction of sp³-hybridized carbons (Fsp3) is 0.958. The summed E-state index contributed by atoms with van der Waals surface area (Å²) in [5, 5.41) is 0. The Morgan fingerprint density at radius 2 is 0.778 bits per heavy atom. The van der Waals surface area contributed by atoms with Crippen LogP contribution in [0, 0.1) is 0 Å². The summed E-state index contributed by atoms with van der Waals surface area (Å²) in [6.07, 6.45) is 29.3. The first-order valence-electron chi connectivity index (χ1n) is 12.2. The first-order valence-corrected chi connectivity index (χ1v) is 12.2. The van der Waals surface area contributed by atoms with Crippen molar-refractivity contribution in [2.75, 3.05) is 0 Å². The summed E-state index contributed by atoms with van der Waals surface area (Å²) in [7, 11) is 0. The second-order valence-electron chi connectivity index (χ2n) is 8.31. The van der Waals surface area contributed by atoms with Crippen LogP contribution in [0.15, 0.2) is 0 Å². The van der Waals surface area contributed by atoms with Crippen molar-refractivity contribution in [1.82, 2.24) is 0 Å². The second kappa shape index (κ2) is 23.5. The molecule has 0 saturated heterocycles. The van der Waals surface area contributed by atoms with E-state index in [1.807, 2.05) is 0 Å². The molecule has 0 amide bonds. The van der Waals surface area contributed by atoms with E-state index in [4.69, 9.17) is 5.90 Å². The maximum absolute atomic E-state index is 10.9. The summed E-state index contributed by atoms with van der Waals surface area (Å²) in [6.45, 7) is 2.29. The van der Waals surface area contributed by atoms with Crippen molar-refractivity contribution in [3.05, 3.63) is 0 Å². The van der Waals surface area contributed by atoms with Gasteiger partial charge in [-0.2, -0.15) is 5.90 Å². The van der Waals surface area contributed by atoms with Crippen molar-refractivity contribution in [3.8, 4) is 0 Å². The van der Waals surface area contributed by atoms with Gasteiger partial charge in [0.15, 0.2) is 0 Å². The van der Waals surface area contributed by atoms with Gasteiger partial charge in [0, 0.05) is 6.42 Å². The molecular weight excluding hydrogens is 334 g/mol. The van der Waals surface area contributed by atoms with E-state index in [0.717, 1.165) is 12.8 Å². The number of unbranched alkanes of at least 4 members (excludes halogenated alkanes) is 20. The van der Waals surface area contributed by atoms with E-state index in [2.05, 4.69) is 11.8 Å². The summed E-state index contributed by atoms with van der Waals surface area (Å²) in [4.78, 5) is 15.0. The molecule has 2 N–H and O–H groups in total. The monoisotopic (exact) mass is 383 g/mol. The maximum atomic E-state index is 10.9. The van der Waals surface area contributed by atoms with Crippen molar-refractivity contribution >= 4 is 5.97 Å². The molecule has 0 spiro atoms. The predicted octanol–water partition coefficient (Wildman–Crippen LogP) is 8.01. The van der Waals surface area contributed by atoms with Crippen LogP contribution >= 0.6 is 0 Å². The van der Waals surface area contributed by atoms with Crippen LogP contribution in [-0.2, 0) is 9.63 Å². The first-order chi connectivity index (χ1) is 13.3. The zero-order valence-corrected chi connectivity index (χ0v) is 18.5. The van der Waals surface area contributed by atoms with E-state index >= 15 is 0 Å². The lowest BCUT2D eigenvalue weighted by Gasteiger charge is -2.04. The molecule has 0 bridgehead atoms. The summed E-state index contributed by atoms with van der Waals surface area (Å²) in [5.41, 5.74) is 0. The lowest BCUT2D eigenvalue weighted by molar-refractivity contribution is -0.144. The zero-order valence-electron chi connectivity index (χ0n) is 18.5. The molecule has 27 heavy (non-hydrogen) atoms. The number of hydrogen-bond acceptors (Lipinski definition) is 3. The third-order valence-corrected chi connectivity index (χ3v) is 5.62. The lowest BCUT2D eigenvalue weighted by Crippen LogP contribution is -2.08. The van der Waals surface area contributed by atoms with Gasteiger partial charge < -0.3 is 4.84 Å². The van der Waals surface area contributed by atoms with E-state index in [0.29, 0.717) is 6.42 Å². The van der Waals surface area contributed by atoms with E-state index in [-0.39, 0.29) is 5.97 Å². The minimum Gasteiger partial charge on any atom is -0.373 e. The number of nitrogens with two attached hydrogens (primary N) is 1. The Hall–Kier alpha value is -0.570. The normalized spacial score (nSPS) is 11.0. The van der Waals surface area contributed by atoms with Crippen LogP contribution in [0.3, 0.4) is 0 Å². The Morgan fingerprint density at radius 3 is 1.04 bits per heavy atom. The Balaban J connectivity index is 3.00. The molecule has 0 saturated carbocycles. The topological polar surface area (TPSA) is 52.3 Å². The third-order valence-electron chi connectivity index (χ3n) is 5.62. The van der Waals surface area contributed by atoms with Crippen LogP contribution in [0.1, 0.15) is 148 Å². The van der Waals surface area contributed by atoms with Crippen LogP contribution in [-0.4, -0.2) is 5.97 Å². The average molecular weight is 384 g/mol. The highest BCUT2D eigenvalue weighted by atomic mass is 16.7. The molecule has 0 atom stereocenters. The minimum atomic E-state index is -0.284. The molecule has 0 radical (unpaired) electrons. The summed E-state index contributed by atoms with van der Waals surface area (Å²) < 4.78 is 0. The number of carbonyl (C=O) groups is 1. The molecule has 0 heterocycles. The number of rotatable bonds is 22. The highest BCUT2D eigenvalue weighted by Crippen LogP contribution is 2.15. The zero-order chi connectivity index (χ0) is 19.8. The quantitative estimate of drug-likeness (QED) is 0.152. The Morgan fingerprint density at radius 1 is 0.519 bits per heavy atom. The van der Waals surface area contributed by atoms with Gasteiger partial charge in [0.25, 0.3) is 0 Å². The highest BCUT2D eigenvalue weighted by Gasteiger charge is 2.00. The number of hydrogen-bond donors (Lipinski definition) is 1. The van der Waals surface area contributed by atoms with Gasteiger partial charge in [-0.25, -0.2) is 0 Å². The molecule has 0 aliphatic rings. The van der Waals surface area contributed by atoms with Crippen LogP contribution in [0.5, 0.6) is 0 Å². The van der Waals surface area contributed by atoms with Gasteiger partial charge in [0.1, 0.15) is 0 Å². The van der Waals surface area contributed by atoms with Crippen molar-refractivity contribution in [1.29, 1.82) is 0 Å². The minimum absolute atomic E-state index is 0.284. The Bertz CT molecular complexity index is 294. The van der Waals surface area contributed by atoms with Gasteiger partial charge in [-0.1, -0.05) is 135 Å². The molecule has 0 aliphatic carbocycles. The van der Waals surface area contributed by atoms with Crippen molar-refractivity contribution in [2.45, 2.75) is 148 Å². The second-order valence-corrected chi connectivity index (χ2v) is 8.31. The Kier molecular flexibility index (Phi) is 23.0. The van der Waals surface area contributed by atoms with E-state index in [1.54, 1.807) is 0 Å². The SMILES string of the molecule is CCCCCCCCCCCCCCCCCCCCCCCC(=O)ON. The standard InChI is InChI=1S/C24H49NO2/c1-2-3-4-5-6-7-8-9-10-11-12-13-14-15-16-17-18-19-20-21-22-23-24(26)27-25/h2-23,25H2,1H3. The summed E-state index contributed by atoms with van der Waals surface area (Å²) in [6, 6.07) is 0. The van der Waals surface area contributed by atoms with Crippen LogP contribution in [0.25, 0.3) is 0 Å². The molecule has 0 aromatic heterocycles. The van der Waals surface area contributed by atoms with Gasteiger partial charge in [0.05, 0.1) is 0 Å².